The highest BCUT2D eigenvalue weighted by Gasteiger charge is 2.50. The molecule has 5 aliphatic rings. The van der Waals surface area contributed by atoms with E-state index in [-0.39, 0.29) is 12.0 Å². The Hall–Kier alpha value is -0.120. The molecule has 1 N–H and O–H groups in total. The number of aliphatic hydroxyl groups excluding tert-OH is 1. The molecular weight excluding hydrogens is 300 g/mol. The molecule has 24 heavy (non-hydrogen) atoms. The molecule has 0 heterocycles. The van der Waals surface area contributed by atoms with Crippen LogP contribution < -0.4 is 0 Å². The summed E-state index contributed by atoms with van der Waals surface area (Å²) in [6.07, 6.45) is 14.0. The number of aliphatic hydroxyl groups is 1. The van der Waals surface area contributed by atoms with Gasteiger partial charge < -0.3 is 14.6 Å². The van der Waals surface area contributed by atoms with Gasteiger partial charge in [0.2, 0.25) is 0 Å². The van der Waals surface area contributed by atoms with Crippen LogP contribution in [0.4, 0.5) is 0 Å². The molecule has 0 saturated heterocycles. The molecule has 138 valence electrons. The summed E-state index contributed by atoms with van der Waals surface area (Å²) in [6.45, 7) is 1.55. The van der Waals surface area contributed by atoms with Crippen LogP contribution in [-0.4, -0.2) is 38.1 Å². The van der Waals surface area contributed by atoms with E-state index in [9.17, 15) is 5.11 Å². The van der Waals surface area contributed by atoms with Crippen LogP contribution >= 0.6 is 0 Å². The number of methoxy groups -OCH3 is 1. The SMILES string of the molecule is COCC(CO)(COC1C2CC3CC(C2)CC1C3)C1CCCCC1. The molecule has 0 aromatic rings. The Morgan fingerprint density at radius 2 is 1.50 bits per heavy atom. The van der Waals surface area contributed by atoms with Gasteiger partial charge in [-0.3, -0.25) is 0 Å². The molecule has 0 amide bonds. The highest BCUT2D eigenvalue weighted by Crippen LogP contribution is 2.55. The fourth-order valence-corrected chi connectivity index (χ4v) is 6.91. The van der Waals surface area contributed by atoms with Crippen LogP contribution in [0.3, 0.4) is 0 Å². The lowest BCUT2D eigenvalue weighted by Gasteiger charge is -2.54. The zero-order valence-electron chi connectivity index (χ0n) is 15.4. The smallest absolute Gasteiger partial charge is 0.0632 e. The van der Waals surface area contributed by atoms with Crippen LogP contribution in [0.15, 0.2) is 0 Å². The molecule has 1 atom stereocenters. The van der Waals surface area contributed by atoms with Crippen molar-refractivity contribution in [3.8, 4) is 0 Å². The highest BCUT2D eigenvalue weighted by molar-refractivity contribution is 4.99. The first-order valence-corrected chi connectivity index (χ1v) is 10.5. The van der Waals surface area contributed by atoms with E-state index >= 15 is 0 Å². The van der Waals surface area contributed by atoms with E-state index in [0.29, 0.717) is 25.2 Å². The highest BCUT2D eigenvalue weighted by atomic mass is 16.5. The first kappa shape index (κ1) is 17.3. The van der Waals surface area contributed by atoms with Gasteiger partial charge in [0.05, 0.1) is 25.9 Å². The van der Waals surface area contributed by atoms with Crippen molar-refractivity contribution in [3.63, 3.8) is 0 Å². The lowest BCUT2D eigenvalue weighted by molar-refractivity contribution is -0.166. The van der Waals surface area contributed by atoms with Crippen molar-refractivity contribution in [2.24, 2.45) is 35.0 Å². The lowest BCUT2D eigenvalue weighted by Crippen LogP contribution is -2.52. The van der Waals surface area contributed by atoms with Crippen molar-refractivity contribution < 1.29 is 14.6 Å². The predicted octanol–water partition coefficient (Wildman–Crippen LogP) is 4.03. The van der Waals surface area contributed by atoms with Crippen molar-refractivity contribution in [1.82, 2.24) is 0 Å². The van der Waals surface area contributed by atoms with Crippen LogP contribution in [0.2, 0.25) is 0 Å². The molecule has 5 aliphatic carbocycles. The topological polar surface area (TPSA) is 38.7 Å². The molecule has 1 unspecified atom stereocenters. The van der Waals surface area contributed by atoms with Gasteiger partial charge in [0.1, 0.15) is 0 Å². The van der Waals surface area contributed by atoms with Crippen molar-refractivity contribution in [1.29, 1.82) is 0 Å². The minimum atomic E-state index is -0.177. The lowest BCUT2D eigenvalue weighted by atomic mass is 9.55. The van der Waals surface area contributed by atoms with Gasteiger partial charge in [-0.1, -0.05) is 19.3 Å². The zero-order valence-corrected chi connectivity index (χ0v) is 15.4. The van der Waals surface area contributed by atoms with Gasteiger partial charge in [-0.25, -0.2) is 0 Å². The fraction of sp³-hybridized carbons (Fsp3) is 1.00. The number of ether oxygens (including phenoxy) is 2. The van der Waals surface area contributed by atoms with Gasteiger partial charge in [0.25, 0.3) is 0 Å². The average Bonchev–Trinajstić information content (AvgIpc) is 2.60. The Balaban J connectivity index is 1.43. The van der Waals surface area contributed by atoms with E-state index in [1.54, 1.807) is 7.11 Å². The second kappa shape index (κ2) is 7.25. The molecule has 3 heteroatoms. The van der Waals surface area contributed by atoms with E-state index in [0.717, 1.165) is 23.7 Å². The Kier molecular flexibility index (Phi) is 5.22. The van der Waals surface area contributed by atoms with Crippen LogP contribution in [0.5, 0.6) is 0 Å². The van der Waals surface area contributed by atoms with E-state index in [2.05, 4.69) is 0 Å². The van der Waals surface area contributed by atoms with Crippen molar-refractivity contribution in [3.05, 3.63) is 0 Å². The second-order valence-electron chi connectivity index (χ2n) is 9.49. The van der Waals surface area contributed by atoms with Gasteiger partial charge in [-0.05, 0) is 74.5 Å². The maximum atomic E-state index is 10.3. The Labute approximate surface area is 147 Å². The van der Waals surface area contributed by atoms with E-state index in [1.165, 1.54) is 64.2 Å². The Morgan fingerprint density at radius 1 is 0.875 bits per heavy atom. The summed E-state index contributed by atoms with van der Waals surface area (Å²) in [6, 6.07) is 0. The summed E-state index contributed by atoms with van der Waals surface area (Å²) >= 11 is 0. The van der Waals surface area contributed by atoms with Crippen LogP contribution in [0.1, 0.15) is 64.2 Å². The summed E-state index contributed by atoms with van der Waals surface area (Å²) < 4.78 is 12.2. The number of hydrogen-bond acceptors (Lipinski definition) is 3. The molecule has 0 aromatic carbocycles. The number of hydrogen-bond donors (Lipinski definition) is 1. The monoisotopic (exact) mass is 336 g/mol. The zero-order chi connectivity index (χ0) is 16.6. The summed E-state index contributed by atoms with van der Waals surface area (Å²) in [5.41, 5.74) is -0.177. The quantitative estimate of drug-likeness (QED) is 0.763. The standard InChI is InChI=1S/C21H36O3/c1-23-13-21(12-22,19-5-3-2-4-6-19)14-24-20-17-8-15-7-16(10-17)11-18(20)9-15/h15-20,22H,2-14H2,1H3. The third-order valence-corrected chi connectivity index (χ3v) is 7.92. The third-order valence-electron chi connectivity index (χ3n) is 7.92. The molecule has 5 rings (SSSR count). The van der Waals surface area contributed by atoms with Crippen molar-refractivity contribution >= 4 is 0 Å². The first-order chi connectivity index (χ1) is 11.7. The van der Waals surface area contributed by atoms with Crippen molar-refractivity contribution in [2.75, 3.05) is 26.9 Å². The maximum absolute atomic E-state index is 10.3. The second-order valence-corrected chi connectivity index (χ2v) is 9.49. The molecule has 5 fully saturated rings. The molecule has 0 aliphatic heterocycles. The summed E-state index contributed by atoms with van der Waals surface area (Å²) in [4.78, 5) is 0. The number of rotatable bonds is 7. The molecule has 4 bridgehead atoms. The van der Waals surface area contributed by atoms with Gasteiger partial charge in [0.15, 0.2) is 0 Å². The fourth-order valence-electron chi connectivity index (χ4n) is 6.91. The maximum Gasteiger partial charge on any atom is 0.0632 e. The first-order valence-electron chi connectivity index (χ1n) is 10.5. The molecule has 3 nitrogen and oxygen atoms in total. The Morgan fingerprint density at radius 3 is 2.04 bits per heavy atom. The van der Waals surface area contributed by atoms with Crippen LogP contribution in [0.25, 0.3) is 0 Å². The van der Waals surface area contributed by atoms with E-state index < -0.39 is 0 Å². The predicted molar refractivity (Wildman–Crippen MR) is 94.8 cm³/mol. The summed E-state index contributed by atoms with van der Waals surface area (Å²) in [5, 5.41) is 10.3. The minimum Gasteiger partial charge on any atom is -0.396 e. The minimum absolute atomic E-state index is 0.177. The normalized spacial score (nSPS) is 41.5. The van der Waals surface area contributed by atoms with E-state index in [4.69, 9.17) is 9.47 Å². The summed E-state index contributed by atoms with van der Waals surface area (Å²) in [5.74, 6) is 4.14. The average molecular weight is 337 g/mol. The molecular formula is C21H36O3. The molecule has 0 radical (unpaired) electrons. The van der Waals surface area contributed by atoms with E-state index in [1.807, 2.05) is 0 Å². The van der Waals surface area contributed by atoms with Crippen LogP contribution in [0, 0.1) is 35.0 Å². The largest absolute Gasteiger partial charge is 0.396 e. The van der Waals surface area contributed by atoms with Crippen LogP contribution in [-0.2, 0) is 9.47 Å². The molecule has 0 aromatic heterocycles. The van der Waals surface area contributed by atoms with Gasteiger partial charge in [-0.15, -0.1) is 0 Å². The van der Waals surface area contributed by atoms with Gasteiger partial charge in [0, 0.05) is 12.5 Å². The molecule has 0 spiro atoms. The Bertz CT molecular complexity index is 389. The van der Waals surface area contributed by atoms with Gasteiger partial charge in [-0.2, -0.15) is 0 Å². The van der Waals surface area contributed by atoms with Gasteiger partial charge >= 0.3 is 0 Å². The summed E-state index contributed by atoms with van der Waals surface area (Å²) in [7, 11) is 1.77. The third kappa shape index (κ3) is 3.17. The molecule has 5 saturated carbocycles. The van der Waals surface area contributed by atoms with Crippen molar-refractivity contribution in [2.45, 2.75) is 70.3 Å².